The average molecular weight is 228 g/mol. The van der Waals surface area contributed by atoms with Crippen LogP contribution in [0.5, 0.6) is 0 Å². The van der Waals surface area contributed by atoms with Crippen LogP contribution in [-0.4, -0.2) is 10.7 Å². The minimum atomic E-state index is -0.172. The van der Waals surface area contributed by atoms with Gasteiger partial charge in [-0.25, -0.2) is 0 Å². The Morgan fingerprint density at radius 2 is 2.27 bits per heavy atom. The summed E-state index contributed by atoms with van der Waals surface area (Å²) in [5.74, 6) is -0.135. The second kappa shape index (κ2) is 4.92. The molecule has 1 rings (SSSR count). The van der Waals surface area contributed by atoms with Gasteiger partial charge in [0.05, 0.1) is 0 Å². The van der Waals surface area contributed by atoms with Gasteiger partial charge in [0.25, 0.3) is 0 Å². The molecule has 1 aliphatic carbocycles. The molecule has 0 radical (unpaired) electrons. The Hall–Kier alpha value is -0.640. The van der Waals surface area contributed by atoms with Gasteiger partial charge in [-0.15, -0.1) is 0 Å². The fourth-order valence-electron chi connectivity index (χ4n) is 1.40. The van der Waals surface area contributed by atoms with Crippen LogP contribution in [0.2, 0.25) is 0 Å². The van der Waals surface area contributed by atoms with Gasteiger partial charge in [-0.05, 0) is 52.0 Å². The molecule has 3 N–H and O–H groups in total. The second-order valence-electron chi connectivity index (χ2n) is 4.92. The molecule has 0 spiro atoms. The van der Waals surface area contributed by atoms with Crippen molar-refractivity contribution in [1.29, 1.82) is 0 Å². The molecule has 4 heteroatoms. The van der Waals surface area contributed by atoms with Gasteiger partial charge in [-0.1, -0.05) is 6.08 Å². The van der Waals surface area contributed by atoms with E-state index in [4.69, 9.17) is 5.73 Å². The fraction of sp³-hybridized carbons (Fsp3) is 0.727. The fourth-order valence-corrected chi connectivity index (χ4v) is 2.03. The largest absolute Gasteiger partial charge is 0.369 e. The highest BCUT2D eigenvalue weighted by Gasteiger charge is 2.20. The van der Waals surface area contributed by atoms with Crippen LogP contribution in [0.3, 0.4) is 0 Å². The first kappa shape index (κ1) is 12.4. The standard InChI is InChI=1S/C11H20N2OS/c1-11(2,3)15-13-9-6-4-8(5-7-9)10(12)14/h6,8,13H,4-5,7H2,1-3H3,(H2,12,14). The number of hydrogen-bond donors (Lipinski definition) is 2. The Balaban J connectivity index is 2.38. The van der Waals surface area contributed by atoms with Gasteiger partial charge in [-0.3, -0.25) is 4.79 Å². The molecule has 0 aliphatic heterocycles. The summed E-state index contributed by atoms with van der Waals surface area (Å²) >= 11 is 1.72. The molecule has 0 aromatic heterocycles. The Morgan fingerprint density at radius 3 is 2.67 bits per heavy atom. The highest BCUT2D eigenvalue weighted by molar-refractivity contribution is 7.98. The lowest BCUT2D eigenvalue weighted by molar-refractivity contribution is -0.122. The minimum absolute atomic E-state index is 0.0372. The van der Waals surface area contributed by atoms with Crippen molar-refractivity contribution in [2.45, 2.75) is 44.8 Å². The molecule has 0 heterocycles. The van der Waals surface area contributed by atoms with E-state index in [2.05, 4.69) is 31.6 Å². The quantitative estimate of drug-likeness (QED) is 0.728. The summed E-state index contributed by atoms with van der Waals surface area (Å²) in [5.41, 5.74) is 6.49. The molecule has 86 valence electrons. The van der Waals surface area contributed by atoms with Crippen molar-refractivity contribution < 1.29 is 4.79 Å². The maximum Gasteiger partial charge on any atom is 0.220 e. The first-order valence-electron chi connectivity index (χ1n) is 5.31. The Morgan fingerprint density at radius 1 is 1.60 bits per heavy atom. The van der Waals surface area contributed by atoms with Crippen LogP contribution in [0.25, 0.3) is 0 Å². The van der Waals surface area contributed by atoms with Gasteiger partial charge in [-0.2, -0.15) is 0 Å². The van der Waals surface area contributed by atoms with Crippen LogP contribution in [0.15, 0.2) is 11.8 Å². The molecule has 1 atom stereocenters. The molecule has 3 nitrogen and oxygen atoms in total. The molecule has 15 heavy (non-hydrogen) atoms. The number of carbonyl (C=O) groups excluding carboxylic acids is 1. The molecule has 1 aliphatic rings. The molecule has 0 aromatic carbocycles. The number of rotatable bonds is 3. The summed E-state index contributed by atoms with van der Waals surface area (Å²) < 4.78 is 3.56. The average Bonchev–Trinajstić information content (AvgIpc) is 2.14. The predicted molar refractivity (Wildman–Crippen MR) is 65.1 cm³/mol. The van der Waals surface area contributed by atoms with Crippen LogP contribution in [-0.2, 0) is 4.79 Å². The SMILES string of the molecule is CC(C)(C)SNC1=CCC(C(N)=O)CC1. The number of primary amides is 1. The third kappa shape index (κ3) is 4.60. The summed E-state index contributed by atoms with van der Waals surface area (Å²) in [4.78, 5) is 10.9. The molecule has 0 fully saturated rings. The van der Waals surface area contributed by atoms with Crippen molar-refractivity contribution in [3.8, 4) is 0 Å². The van der Waals surface area contributed by atoms with Gasteiger partial charge >= 0.3 is 0 Å². The number of hydrogen-bond acceptors (Lipinski definition) is 3. The third-order valence-corrected chi connectivity index (χ3v) is 3.28. The Kier molecular flexibility index (Phi) is 4.08. The smallest absolute Gasteiger partial charge is 0.220 e. The molecule has 1 unspecified atom stereocenters. The van der Waals surface area contributed by atoms with Crippen molar-refractivity contribution in [2.24, 2.45) is 11.7 Å². The number of nitrogens with two attached hydrogens (primary N) is 1. The van der Waals surface area contributed by atoms with Crippen molar-refractivity contribution in [3.05, 3.63) is 11.8 Å². The third-order valence-electron chi connectivity index (χ3n) is 2.30. The lowest BCUT2D eigenvalue weighted by Gasteiger charge is -2.24. The van der Waals surface area contributed by atoms with Crippen molar-refractivity contribution in [3.63, 3.8) is 0 Å². The Bertz CT molecular complexity index is 268. The van der Waals surface area contributed by atoms with Crippen LogP contribution in [0.1, 0.15) is 40.0 Å². The predicted octanol–water partition coefficient (Wildman–Crippen LogP) is 2.19. The maximum atomic E-state index is 10.9. The summed E-state index contributed by atoms with van der Waals surface area (Å²) in [5, 5.41) is 0. The van der Waals surface area contributed by atoms with Crippen molar-refractivity contribution >= 4 is 17.9 Å². The zero-order valence-electron chi connectivity index (χ0n) is 9.67. The first-order chi connectivity index (χ1) is 6.88. The van der Waals surface area contributed by atoms with E-state index in [1.165, 1.54) is 5.70 Å². The van der Waals surface area contributed by atoms with Gasteiger partial charge < -0.3 is 10.5 Å². The lowest BCUT2D eigenvalue weighted by atomic mass is 9.92. The highest BCUT2D eigenvalue weighted by Crippen LogP contribution is 2.26. The van der Waals surface area contributed by atoms with Crippen LogP contribution >= 0.6 is 11.9 Å². The Labute approximate surface area is 96.0 Å². The second-order valence-corrected chi connectivity index (χ2v) is 6.55. The lowest BCUT2D eigenvalue weighted by Crippen LogP contribution is -2.26. The number of nitrogens with one attached hydrogen (secondary N) is 1. The maximum absolute atomic E-state index is 10.9. The van der Waals surface area contributed by atoms with E-state index < -0.39 is 0 Å². The van der Waals surface area contributed by atoms with Crippen LogP contribution in [0, 0.1) is 5.92 Å². The number of carbonyl (C=O) groups is 1. The summed E-state index contributed by atoms with van der Waals surface area (Å²) in [7, 11) is 0. The summed E-state index contributed by atoms with van der Waals surface area (Å²) in [6, 6.07) is 0. The van der Waals surface area contributed by atoms with Gasteiger partial charge in [0.1, 0.15) is 0 Å². The normalized spacial score (nSPS) is 22.1. The molecule has 0 aromatic rings. The van der Waals surface area contributed by atoms with Crippen molar-refractivity contribution in [1.82, 2.24) is 4.72 Å². The van der Waals surface area contributed by atoms with Gasteiger partial charge in [0.15, 0.2) is 0 Å². The molecular formula is C11H20N2OS. The topological polar surface area (TPSA) is 55.1 Å². The van der Waals surface area contributed by atoms with E-state index >= 15 is 0 Å². The first-order valence-corrected chi connectivity index (χ1v) is 6.12. The summed E-state index contributed by atoms with van der Waals surface area (Å²) in [6.07, 6.45) is 4.68. The molecule has 0 saturated heterocycles. The van der Waals surface area contributed by atoms with Crippen LogP contribution < -0.4 is 10.5 Å². The van der Waals surface area contributed by atoms with Gasteiger partial charge in [0, 0.05) is 16.4 Å². The monoisotopic (exact) mass is 228 g/mol. The van der Waals surface area contributed by atoms with E-state index in [1.807, 2.05) is 0 Å². The van der Waals surface area contributed by atoms with Gasteiger partial charge in [0.2, 0.25) is 5.91 Å². The zero-order chi connectivity index (χ0) is 11.5. The summed E-state index contributed by atoms with van der Waals surface area (Å²) in [6.45, 7) is 6.50. The van der Waals surface area contributed by atoms with Crippen molar-refractivity contribution in [2.75, 3.05) is 0 Å². The van der Waals surface area contributed by atoms with E-state index in [0.29, 0.717) is 0 Å². The van der Waals surface area contributed by atoms with Crippen LogP contribution in [0.4, 0.5) is 0 Å². The van der Waals surface area contributed by atoms with E-state index in [0.717, 1.165) is 19.3 Å². The molecule has 1 amide bonds. The highest BCUT2D eigenvalue weighted by atomic mass is 32.2. The minimum Gasteiger partial charge on any atom is -0.369 e. The van der Waals surface area contributed by atoms with E-state index in [9.17, 15) is 4.79 Å². The number of amides is 1. The van der Waals surface area contributed by atoms with E-state index in [1.54, 1.807) is 11.9 Å². The molecular weight excluding hydrogens is 208 g/mol. The molecule has 0 bridgehead atoms. The molecule has 0 saturated carbocycles. The van der Waals surface area contributed by atoms with E-state index in [-0.39, 0.29) is 16.6 Å². The number of allylic oxidation sites excluding steroid dienone is 2. The zero-order valence-corrected chi connectivity index (χ0v) is 10.5.